The summed E-state index contributed by atoms with van der Waals surface area (Å²) in [6.45, 7) is 3.22. The van der Waals surface area contributed by atoms with E-state index in [9.17, 15) is 18.0 Å². The number of unbranched alkanes of at least 4 members (excludes halogenated alkanes) is 1. The van der Waals surface area contributed by atoms with Crippen molar-refractivity contribution in [2.75, 3.05) is 38.7 Å². The summed E-state index contributed by atoms with van der Waals surface area (Å²) in [5, 5.41) is 3.64. The van der Waals surface area contributed by atoms with Gasteiger partial charge in [-0.1, -0.05) is 54.2 Å². The minimum Gasteiger partial charge on any atom is -0.495 e. The highest BCUT2D eigenvalue weighted by Gasteiger charge is 2.34. The average Bonchev–Trinajstić information content (AvgIpc) is 3.03. The normalized spacial score (nSPS) is 11.8. The van der Waals surface area contributed by atoms with Gasteiger partial charge in [-0.15, -0.1) is 0 Å². The van der Waals surface area contributed by atoms with Crippen LogP contribution in [0, 0.1) is 0 Å². The summed E-state index contributed by atoms with van der Waals surface area (Å²) in [6, 6.07) is 12.4. The molecule has 45 heavy (non-hydrogen) atoms. The van der Waals surface area contributed by atoms with E-state index >= 15 is 0 Å². The monoisotopic (exact) mass is 699 g/mol. The molecule has 0 aliphatic carbocycles. The minimum absolute atomic E-state index is 0.0164. The molecule has 10 nitrogen and oxygen atoms in total. The van der Waals surface area contributed by atoms with Crippen molar-refractivity contribution in [3.8, 4) is 17.2 Å². The lowest BCUT2D eigenvalue weighted by Crippen LogP contribution is -2.51. The van der Waals surface area contributed by atoms with Gasteiger partial charge in [0, 0.05) is 24.2 Å². The standard InChI is InChI=1S/C31H36Cl3N3O7S/c1-6-7-14-35-31(39)20(2)36(18-21-8-11-24(33)25(34)15-21)30(38)19-37(26-16-22(32)9-12-27(26)42-3)45(40,41)23-10-13-28(43-4)29(17-23)44-5/h8-13,15-17,20H,6-7,14,18-19H2,1-5H3,(H,35,39)/t20-/m0/s1. The summed E-state index contributed by atoms with van der Waals surface area (Å²) < 4.78 is 45.6. The molecular formula is C31H36Cl3N3O7S. The Kier molecular flexibility index (Phi) is 13.0. The smallest absolute Gasteiger partial charge is 0.265 e. The topological polar surface area (TPSA) is 114 Å². The number of anilines is 1. The molecule has 14 heteroatoms. The van der Waals surface area contributed by atoms with Crippen molar-refractivity contribution in [2.45, 2.75) is 44.2 Å². The van der Waals surface area contributed by atoms with Crippen LogP contribution >= 0.6 is 34.8 Å². The van der Waals surface area contributed by atoms with E-state index in [0.717, 1.165) is 17.1 Å². The lowest BCUT2D eigenvalue weighted by Gasteiger charge is -2.32. The van der Waals surface area contributed by atoms with Crippen molar-refractivity contribution in [1.82, 2.24) is 10.2 Å². The number of ether oxygens (including phenoxy) is 3. The van der Waals surface area contributed by atoms with Crippen LogP contribution in [0.2, 0.25) is 15.1 Å². The predicted molar refractivity (Wildman–Crippen MR) is 176 cm³/mol. The molecule has 0 spiro atoms. The molecule has 0 saturated heterocycles. The number of carbonyl (C=O) groups is 2. The van der Waals surface area contributed by atoms with Gasteiger partial charge in [-0.2, -0.15) is 0 Å². The third kappa shape index (κ3) is 8.88. The first-order valence-electron chi connectivity index (χ1n) is 14.0. The Morgan fingerprint density at radius 2 is 1.53 bits per heavy atom. The number of benzene rings is 3. The van der Waals surface area contributed by atoms with Crippen LogP contribution in [-0.4, -0.2) is 65.6 Å². The molecule has 0 aromatic heterocycles. The minimum atomic E-state index is -4.47. The molecule has 3 aromatic carbocycles. The van der Waals surface area contributed by atoms with Crippen LogP contribution < -0.4 is 23.8 Å². The summed E-state index contributed by atoms with van der Waals surface area (Å²) >= 11 is 18.6. The number of sulfonamides is 1. The van der Waals surface area contributed by atoms with E-state index in [0.29, 0.717) is 22.9 Å². The zero-order valence-corrected chi connectivity index (χ0v) is 28.7. The summed E-state index contributed by atoms with van der Waals surface area (Å²) in [5.74, 6) is -0.439. The molecule has 0 heterocycles. The van der Waals surface area contributed by atoms with Gasteiger partial charge in [0.2, 0.25) is 11.8 Å². The van der Waals surface area contributed by atoms with Gasteiger partial charge >= 0.3 is 0 Å². The highest BCUT2D eigenvalue weighted by Crippen LogP contribution is 2.37. The third-order valence-corrected chi connectivity index (χ3v) is 9.70. The van der Waals surface area contributed by atoms with Crippen molar-refractivity contribution in [1.29, 1.82) is 0 Å². The molecule has 0 aliphatic heterocycles. The van der Waals surface area contributed by atoms with Crippen molar-refractivity contribution < 1.29 is 32.2 Å². The number of hydrogen-bond donors (Lipinski definition) is 1. The molecule has 0 bridgehead atoms. The number of nitrogens with one attached hydrogen (secondary N) is 1. The lowest BCUT2D eigenvalue weighted by molar-refractivity contribution is -0.139. The molecule has 0 radical (unpaired) electrons. The van der Waals surface area contributed by atoms with Crippen molar-refractivity contribution in [2.24, 2.45) is 0 Å². The van der Waals surface area contributed by atoms with Gasteiger partial charge < -0.3 is 24.4 Å². The highest BCUT2D eigenvalue weighted by atomic mass is 35.5. The SMILES string of the molecule is CCCCNC(=O)[C@H](C)N(Cc1ccc(Cl)c(Cl)c1)C(=O)CN(c1cc(Cl)ccc1OC)S(=O)(=O)c1ccc(OC)c(OC)c1. The predicted octanol–water partition coefficient (Wildman–Crippen LogP) is 6.20. The van der Waals surface area contributed by atoms with Crippen molar-refractivity contribution in [3.05, 3.63) is 75.2 Å². The number of carbonyl (C=O) groups excluding carboxylic acids is 2. The van der Waals surface area contributed by atoms with Gasteiger partial charge in [-0.25, -0.2) is 8.42 Å². The van der Waals surface area contributed by atoms with Crippen LogP contribution in [0.4, 0.5) is 5.69 Å². The summed E-state index contributed by atoms with van der Waals surface area (Å²) in [5.41, 5.74) is 0.600. The summed E-state index contributed by atoms with van der Waals surface area (Å²) in [4.78, 5) is 28.5. The van der Waals surface area contributed by atoms with Gasteiger partial charge in [0.1, 0.15) is 18.3 Å². The van der Waals surface area contributed by atoms with Gasteiger partial charge in [-0.05, 0) is 61.4 Å². The van der Waals surface area contributed by atoms with E-state index in [4.69, 9.17) is 49.0 Å². The zero-order valence-electron chi connectivity index (χ0n) is 25.6. The second kappa shape index (κ2) is 16.3. The van der Waals surface area contributed by atoms with Crippen LogP contribution in [0.15, 0.2) is 59.5 Å². The van der Waals surface area contributed by atoms with Crippen LogP contribution in [0.1, 0.15) is 32.3 Å². The fraction of sp³-hybridized carbons (Fsp3) is 0.355. The molecule has 1 N–H and O–H groups in total. The maximum absolute atomic E-state index is 14.3. The first-order chi connectivity index (χ1) is 21.4. The zero-order chi connectivity index (χ0) is 33.3. The van der Waals surface area contributed by atoms with E-state index in [-0.39, 0.29) is 38.7 Å². The number of hydrogen-bond acceptors (Lipinski definition) is 7. The first-order valence-corrected chi connectivity index (χ1v) is 16.5. The fourth-order valence-electron chi connectivity index (χ4n) is 4.43. The number of halogens is 3. The van der Waals surface area contributed by atoms with Gasteiger partial charge in [0.05, 0.1) is 42.0 Å². The summed E-state index contributed by atoms with van der Waals surface area (Å²) in [6.07, 6.45) is 1.62. The molecule has 0 aliphatic rings. The van der Waals surface area contributed by atoms with E-state index in [1.807, 2.05) is 6.92 Å². The quantitative estimate of drug-likeness (QED) is 0.188. The Morgan fingerprint density at radius 3 is 2.16 bits per heavy atom. The molecular weight excluding hydrogens is 665 g/mol. The number of methoxy groups -OCH3 is 3. The molecule has 1 atom stereocenters. The van der Waals surface area contributed by atoms with E-state index < -0.39 is 34.4 Å². The van der Waals surface area contributed by atoms with Crippen molar-refractivity contribution >= 4 is 62.3 Å². The second-order valence-corrected chi connectivity index (χ2v) is 13.0. The average molecular weight is 701 g/mol. The Morgan fingerprint density at radius 1 is 0.867 bits per heavy atom. The van der Waals surface area contributed by atoms with Crippen LogP contribution in [0.25, 0.3) is 0 Å². The van der Waals surface area contributed by atoms with Crippen LogP contribution in [-0.2, 0) is 26.2 Å². The molecule has 0 fully saturated rings. The molecule has 3 rings (SSSR count). The maximum Gasteiger partial charge on any atom is 0.265 e. The fourth-order valence-corrected chi connectivity index (χ4v) is 6.35. The third-order valence-electron chi connectivity index (χ3n) is 6.97. The van der Waals surface area contributed by atoms with Gasteiger partial charge in [-0.3, -0.25) is 13.9 Å². The largest absolute Gasteiger partial charge is 0.495 e. The van der Waals surface area contributed by atoms with Gasteiger partial charge in [0.25, 0.3) is 10.0 Å². The highest BCUT2D eigenvalue weighted by molar-refractivity contribution is 7.92. The molecule has 3 aromatic rings. The van der Waals surface area contributed by atoms with E-state index in [2.05, 4.69) is 5.32 Å². The number of rotatable bonds is 15. The van der Waals surface area contributed by atoms with Crippen LogP contribution in [0.3, 0.4) is 0 Å². The lowest BCUT2D eigenvalue weighted by atomic mass is 10.1. The first kappa shape index (κ1) is 36.1. The molecule has 0 saturated carbocycles. The van der Waals surface area contributed by atoms with Crippen molar-refractivity contribution in [3.63, 3.8) is 0 Å². The van der Waals surface area contributed by atoms with Gasteiger partial charge in [0.15, 0.2) is 11.5 Å². The number of nitrogens with zero attached hydrogens (tertiary/aromatic N) is 2. The molecule has 0 unspecified atom stereocenters. The maximum atomic E-state index is 14.3. The van der Waals surface area contributed by atoms with E-state index in [1.165, 1.54) is 62.6 Å². The Hall–Kier alpha value is -3.38. The Labute approximate surface area is 279 Å². The number of amides is 2. The second-order valence-electron chi connectivity index (χ2n) is 9.94. The van der Waals surface area contributed by atoms with Crippen LogP contribution in [0.5, 0.6) is 17.2 Å². The molecule has 244 valence electrons. The summed E-state index contributed by atoms with van der Waals surface area (Å²) in [7, 11) is -0.291. The molecule has 2 amide bonds. The Bertz CT molecular complexity index is 1620. The van der Waals surface area contributed by atoms with E-state index in [1.54, 1.807) is 25.1 Å². The Balaban J connectivity index is 2.13.